The topological polar surface area (TPSA) is 116 Å². The number of carbonyl (C=O) groups is 2. The number of hydrogen-bond acceptors (Lipinski definition) is 7. The molecule has 2 aromatic heterocycles. The summed E-state index contributed by atoms with van der Waals surface area (Å²) in [4.78, 5) is 27.9. The minimum Gasteiger partial charge on any atom is -0.489 e. The first-order valence-electron chi connectivity index (χ1n) is 10.4. The van der Waals surface area contributed by atoms with Gasteiger partial charge in [0.05, 0.1) is 48.8 Å². The van der Waals surface area contributed by atoms with Gasteiger partial charge in [0.15, 0.2) is 0 Å². The summed E-state index contributed by atoms with van der Waals surface area (Å²) in [6.45, 7) is 1.29. The van der Waals surface area contributed by atoms with Crippen molar-refractivity contribution >= 4 is 11.9 Å². The highest BCUT2D eigenvalue weighted by Gasteiger charge is 2.28. The van der Waals surface area contributed by atoms with E-state index in [1.807, 2.05) is 0 Å². The Bertz CT molecular complexity index is 932. The molecule has 1 fully saturated rings. The molecule has 1 aliphatic rings. The van der Waals surface area contributed by atoms with Crippen molar-refractivity contribution < 1.29 is 28.6 Å². The van der Waals surface area contributed by atoms with Crippen molar-refractivity contribution in [3.63, 3.8) is 0 Å². The maximum absolute atomic E-state index is 12.2. The lowest BCUT2D eigenvalue weighted by Gasteiger charge is -2.27. The van der Waals surface area contributed by atoms with Gasteiger partial charge < -0.3 is 14.6 Å². The van der Waals surface area contributed by atoms with E-state index in [9.17, 15) is 19.1 Å². The third kappa shape index (κ3) is 5.77. The maximum Gasteiger partial charge on any atom is 0.311 e. The van der Waals surface area contributed by atoms with Gasteiger partial charge in [-0.15, -0.1) is 5.10 Å². The lowest BCUT2D eigenvalue weighted by atomic mass is 9.87. The van der Waals surface area contributed by atoms with E-state index in [4.69, 9.17) is 9.47 Å². The van der Waals surface area contributed by atoms with E-state index in [1.54, 1.807) is 26.1 Å². The van der Waals surface area contributed by atoms with Gasteiger partial charge in [-0.2, -0.15) is 0 Å². The number of rotatable bonds is 9. The molecular formula is C21H27FN4O5. The molecule has 1 aliphatic carbocycles. The monoisotopic (exact) mass is 434 g/mol. The molecule has 2 heterocycles. The summed E-state index contributed by atoms with van der Waals surface area (Å²) in [5.74, 6) is -1.05. The summed E-state index contributed by atoms with van der Waals surface area (Å²) >= 11 is 0. The van der Waals surface area contributed by atoms with Crippen molar-refractivity contribution in [3.05, 3.63) is 23.5 Å². The normalized spacial score (nSPS) is 18.5. The third-order valence-corrected chi connectivity index (χ3v) is 5.34. The second-order valence-electron chi connectivity index (χ2n) is 7.67. The smallest absolute Gasteiger partial charge is 0.311 e. The first-order chi connectivity index (χ1) is 14.9. The summed E-state index contributed by atoms with van der Waals surface area (Å²) in [6, 6.07) is 3.52. The Kier molecular flexibility index (Phi) is 7.54. The second kappa shape index (κ2) is 10.3. The van der Waals surface area contributed by atoms with Gasteiger partial charge in [-0.05, 0) is 44.7 Å². The fraction of sp³-hybridized carbons (Fsp3) is 0.571. The van der Waals surface area contributed by atoms with Crippen LogP contribution < -0.4 is 4.74 Å². The molecule has 3 rings (SSSR count). The van der Waals surface area contributed by atoms with E-state index in [-0.39, 0.29) is 31.5 Å². The number of aliphatic carboxylic acids is 1. The van der Waals surface area contributed by atoms with Gasteiger partial charge in [0.1, 0.15) is 11.4 Å². The number of aryl methyl sites for hydroxylation is 2. The number of carboxylic acid groups (broad SMARTS) is 1. The molecule has 0 spiro atoms. The summed E-state index contributed by atoms with van der Waals surface area (Å²) < 4.78 is 24.7. The van der Waals surface area contributed by atoms with Crippen molar-refractivity contribution in [3.8, 4) is 17.1 Å². The average Bonchev–Trinajstić information content (AvgIpc) is 3.10. The lowest BCUT2D eigenvalue weighted by Crippen LogP contribution is -2.29. The molecule has 1 N–H and O–H groups in total. The molecule has 2 aromatic rings. The van der Waals surface area contributed by atoms with Crippen LogP contribution in [-0.4, -0.2) is 56.4 Å². The summed E-state index contributed by atoms with van der Waals surface area (Å²) in [5.41, 5.74) is 2.18. The fourth-order valence-corrected chi connectivity index (χ4v) is 3.66. The zero-order valence-electron chi connectivity index (χ0n) is 17.7. The van der Waals surface area contributed by atoms with Crippen molar-refractivity contribution in [1.29, 1.82) is 0 Å². The highest BCUT2D eigenvalue weighted by molar-refractivity contribution is 5.75. The molecule has 0 radical (unpaired) electrons. The van der Waals surface area contributed by atoms with E-state index >= 15 is 0 Å². The molecule has 0 aromatic carbocycles. The molecule has 1 saturated carbocycles. The van der Waals surface area contributed by atoms with Gasteiger partial charge in [0.25, 0.3) is 0 Å². The summed E-state index contributed by atoms with van der Waals surface area (Å²) in [6.07, 6.45) is 2.74. The third-order valence-electron chi connectivity index (χ3n) is 5.34. The maximum atomic E-state index is 12.2. The predicted octanol–water partition coefficient (Wildman–Crippen LogP) is 2.65. The van der Waals surface area contributed by atoms with Crippen LogP contribution >= 0.6 is 0 Å². The fourth-order valence-electron chi connectivity index (χ4n) is 3.66. The Morgan fingerprint density at radius 3 is 2.84 bits per heavy atom. The highest BCUT2D eigenvalue weighted by Crippen LogP contribution is 2.30. The van der Waals surface area contributed by atoms with Gasteiger partial charge >= 0.3 is 11.9 Å². The van der Waals surface area contributed by atoms with Crippen LogP contribution in [-0.2, 0) is 27.8 Å². The number of alkyl halides is 1. The first kappa shape index (κ1) is 22.6. The first-order valence-corrected chi connectivity index (χ1v) is 10.4. The van der Waals surface area contributed by atoms with Crippen LogP contribution in [0.15, 0.2) is 12.1 Å². The minimum atomic E-state index is -0.781. The number of esters is 1. The number of pyridine rings is 1. The minimum absolute atomic E-state index is 0.0310. The van der Waals surface area contributed by atoms with Crippen LogP contribution in [0.25, 0.3) is 11.4 Å². The summed E-state index contributed by atoms with van der Waals surface area (Å²) in [5, 5.41) is 17.4. The van der Waals surface area contributed by atoms with Crippen LogP contribution in [0, 0.1) is 12.8 Å². The predicted molar refractivity (Wildman–Crippen MR) is 108 cm³/mol. The van der Waals surface area contributed by atoms with Crippen LogP contribution in [0.3, 0.4) is 0 Å². The van der Waals surface area contributed by atoms with Gasteiger partial charge in [0.2, 0.25) is 0 Å². The zero-order valence-corrected chi connectivity index (χ0v) is 17.7. The molecular weight excluding hydrogens is 407 g/mol. The molecule has 0 aliphatic heterocycles. The molecule has 0 saturated heterocycles. The van der Waals surface area contributed by atoms with E-state index < -0.39 is 18.6 Å². The molecule has 2 atom stereocenters. The van der Waals surface area contributed by atoms with E-state index in [1.165, 1.54) is 4.68 Å². The van der Waals surface area contributed by atoms with Crippen molar-refractivity contribution in [1.82, 2.24) is 20.0 Å². The molecule has 9 nitrogen and oxygen atoms in total. The quantitative estimate of drug-likeness (QED) is 0.473. The number of carboxylic acids is 1. The Morgan fingerprint density at radius 1 is 1.32 bits per heavy atom. The van der Waals surface area contributed by atoms with Crippen molar-refractivity contribution in [2.75, 3.05) is 13.3 Å². The SMILES string of the molecule is Cc1nc(-c2nnn(C)c2CC(=O)OCCCF)ccc1O[C@H]1CCC[C@H](C(=O)O)C1. The second-order valence-corrected chi connectivity index (χ2v) is 7.67. The van der Waals surface area contributed by atoms with Crippen LogP contribution in [0.2, 0.25) is 0 Å². The zero-order chi connectivity index (χ0) is 22.4. The van der Waals surface area contributed by atoms with E-state index in [0.29, 0.717) is 41.4 Å². The molecule has 0 amide bonds. The van der Waals surface area contributed by atoms with Crippen molar-refractivity contribution in [2.45, 2.75) is 51.6 Å². The van der Waals surface area contributed by atoms with Crippen LogP contribution in [0.4, 0.5) is 4.39 Å². The molecule has 10 heteroatoms. The van der Waals surface area contributed by atoms with E-state index in [2.05, 4.69) is 15.3 Å². The molecule has 31 heavy (non-hydrogen) atoms. The Balaban J connectivity index is 1.71. The van der Waals surface area contributed by atoms with Crippen molar-refractivity contribution in [2.24, 2.45) is 13.0 Å². The number of ether oxygens (including phenoxy) is 2. The lowest BCUT2D eigenvalue weighted by molar-refractivity contribution is -0.144. The number of halogens is 1. The molecule has 0 bridgehead atoms. The van der Waals surface area contributed by atoms with Gasteiger partial charge in [-0.3, -0.25) is 18.7 Å². The Hall–Kier alpha value is -3.04. The standard InChI is InChI=1S/C21H27FN4O5/c1-13-18(31-15-6-3-5-14(11-15)21(28)29)8-7-16(23-13)20-17(26(2)25-24-20)12-19(27)30-10-4-9-22/h7-8,14-15H,3-6,9-12H2,1-2H3,(H,28,29)/t14-,15-/m0/s1. The Morgan fingerprint density at radius 2 is 2.13 bits per heavy atom. The van der Waals surface area contributed by atoms with Crippen LogP contribution in [0.5, 0.6) is 5.75 Å². The number of nitrogens with zero attached hydrogens (tertiary/aromatic N) is 4. The highest BCUT2D eigenvalue weighted by atomic mass is 19.1. The van der Waals surface area contributed by atoms with Gasteiger partial charge in [-0.1, -0.05) is 5.21 Å². The molecule has 0 unspecified atom stereocenters. The molecule has 168 valence electrons. The largest absolute Gasteiger partial charge is 0.489 e. The van der Waals surface area contributed by atoms with E-state index in [0.717, 1.165) is 12.8 Å². The van der Waals surface area contributed by atoms with Gasteiger partial charge in [0, 0.05) is 13.5 Å². The summed E-state index contributed by atoms with van der Waals surface area (Å²) in [7, 11) is 1.67. The average molecular weight is 434 g/mol. The number of hydrogen-bond donors (Lipinski definition) is 1. The van der Waals surface area contributed by atoms with Gasteiger partial charge in [-0.25, -0.2) is 4.98 Å². The van der Waals surface area contributed by atoms with Crippen LogP contribution in [0.1, 0.15) is 43.5 Å². The number of carbonyl (C=O) groups excluding carboxylic acids is 1. The Labute approximate surface area is 179 Å². The number of aromatic nitrogens is 4.